The van der Waals surface area contributed by atoms with Gasteiger partial charge in [0.25, 0.3) is 0 Å². The van der Waals surface area contributed by atoms with Crippen molar-refractivity contribution in [2.45, 2.75) is 24.9 Å². The Morgan fingerprint density at radius 2 is 2.21 bits per heavy atom. The molecular weight excluding hydrogens is 176 g/mol. The fourth-order valence-corrected chi connectivity index (χ4v) is 2.18. The van der Waals surface area contributed by atoms with E-state index in [0.717, 1.165) is 32.4 Å². The van der Waals surface area contributed by atoms with E-state index in [9.17, 15) is 0 Å². The molecule has 0 radical (unpaired) electrons. The van der Waals surface area contributed by atoms with Crippen molar-refractivity contribution < 1.29 is 4.74 Å². The van der Waals surface area contributed by atoms with Gasteiger partial charge in [0.15, 0.2) is 0 Å². The van der Waals surface area contributed by atoms with E-state index in [1.54, 1.807) is 0 Å². The Morgan fingerprint density at radius 1 is 1.43 bits per heavy atom. The van der Waals surface area contributed by atoms with E-state index in [2.05, 4.69) is 22.6 Å². The van der Waals surface area contributed by atoms with Gasteiger partial charge in [0.1, 0.15) is 0 Å². The van der Waals surface area contributed by atoms with Crippen LogP contribution in [0.4, 0.5) is 0 Å². The molecular formula is C11H18N2O. The van der Waals surface area contributed by atoms with Crippen LogP contribution in [0.2, 0.25) is 0 Å². The maximum absolute atomic E-state index is 5.70. The van der Waals surface area contributed by atoms with E-state index in [1.165, 1.54) is 5.56 Å². The van der Waals surface area contributed by atoms with Gasteiger partial charge in [-0.3, -0.25) is 0 Å². The zero-order valence-electron chi connectivity index (χ0n) is 8.68. The summed E-state index contributed by atoms with van der Waals surface area (Å²) in [5.41, 5.74) is 1.40. The number of hydrogen-bond donors (Lipinski definition) is 2. The van der Waals surface area contributed by atoms with E-state index >= 15 is 0 Å². The number of H-pyrrole nitrogens is 1. The van der Waals surface area contributed by atoms with Crippen molar-refractivity contribution in [3.05, 3.63) is 24.0 Å². The molecule has 1 saturated heterocycles. The minimum atomic E-state index is 0.0629. The summed E-state index contributed by atoms with van der Waals surface area (Å²) in [5, 5.41) is 3.37. The number of aromatic nitrogens is 1. The summed E-state index contributed by atoms with van der Waals surface area (Å²) in [4.78, 5) is 3.09. The Kier molecular flexibility index (Phi) is 2.89. The standard InChI is InChI=1S/C11H18N2O/c1-14-11(3-6-12-7-4-11)8-10-2-5-13-9-10/h2,5,9,12-13H,3-4,6-8H2,1H3. The van der Waals surface area contributed by atoms with Crippen LogP contribution in [0.3, 0.4) is 0 Å². The van der Waals surface area contributed by atoms with Gasteiger partial charge in [0.2, 0.25) is 0 Å². The molecule has 3 nitrogen and oxygen atoms in total. The van der Waals surface area contributed by atoms with Crippen LogP contribution in [-0.4, -0.2) is 30.8 Å². The van der Waals surface area contributed by atoms with Crippen LogP contribution in [0, 0.1) is 0 Å². The molecule has 3 heteroatoms. The first-order valence-corrected chi connectivity index (χ1v) is 5.22. The monoisotopic (exact) mass is 194 g/mol. The third kappa shape index (κ3) is 1.99. The highest BCUT2D eigenvalue weighted by atomic mass is 16.5. The second-order valence-corrected chi connectivity index (χ2v) is 4.03. The van der Waals surface area contributed by atoms with Gasteiger partial charge in [-0.05, 0) is 37.6 Å². The molecule has 2 rings (SSSR count). The van der Waals surface area contributed by atoms with Crippen molar-refractivity contribution in [1.82, 2.24) is 10.3 Å². The quantitative estimate of drug-likeness (QED) is 0.761. The zero-order valence-corrected chi connectivity index (χ0v) is 8.68. The van der Waals surface area contributed by atoms with E-state index in [0.29, 0.717) is 0 Å². The molecule has 0 amide bonds. The van der Waals surface area contributed by atoms with Gasteiger partial charge >= 0.3 is 0 Å². The molecule has 0 spiro atoms. The van der Waals surface area contributed by atoms with Gasteiger partial charge in [-0.15, -0.1) is 0 Å². The largest absolute Gasteiger partial charge is 0.378 e. The zero-order chi connectivity index (χ0) is 9.86. The van der Waals surface area contributed by atoms with Crippen molar-refractivity contribution in [2.75, 3.05) is 20.2 Å². The molecule has 14 heavy (non-hydrogen) atoms. The molecule has 1 aliphatic rings. The van der Waals surface area contributed by atoms with Crippen molar-refractivity contribution >= 4 is 0 Å². The molecule has 1 aromatic heterocycles. The lowest BCUT2D eigenvalue weighted by atomic mass is 9.86. The minimum absolute atomic E-state index is 0.0629. The Morgan fingerprint density at radius 3 is 2.79 bits per heavy atom. The summed E-state index contributed by atoms with van der Waals surface area (Å²) in [5.74, 6) is 0. The third-order valence-electron chi connectivity index (χ3n) is 3.14. The molecule has 2 N–H and O–H groups in total. The maximum Gasteiger partial charge on any atom is 0.0743 e. The first-order chi connectivity index (χ1) is 6.85. The second kappa shape index (κ2) is 4.15. The summed E-state index contributed by atoms with van der Waals surface area (Å²) in [7, 11) is 1.83. The fourth-order valence-electron chi connectivity index (χ4n) is 2.18. The molecule has 0 unspecified atom stereocenters. The SMILES string of the molecule is COC1(Cc2cc[nH]c2)CCNCC1. The smallest absolute Gasteiger partial charge is 0.0743 e. The lowest BCUT2D eigenvalue weighted by molar-refractivity contribution is -0.0333. The third-order valence-corrected chi connectivity index (χ3v) is 3.14. The summed E-state index contributed by atoms with van der Waals surface area (Å²) < 4.78 is 5.70. The van der Waals surface area contributed by atoms with E-state index in [-0.39, 0.29) is 5.60 Å². The number of aromatic amines is 1. The van der Waals surface area contributed by atoms with E-state index < -0.39 is 0 Å². The van der Waals surface area contributed by atoms with Crippen LogP contribution >= 0.6 is 0 Å². The average Bonchev–Trinajstić information content (AvgIpc) is 2.72. The Hall–Kier alpha value is -0.800. The normalized spacial score (nSPS) is 20.9. The number of methoxy groups -OCH3 is 1. The van der Waals surface area contributed by atoms with Gasteiger partial charge in [-0.1, -0.05) is 0 Å². The van der Waals surface area contributed by atoms with Crippen LogP contribution < -0.4 is 5.32 Å². The average molecular weight is 194 g/mol. The van der Waals surface area contributed by atoms with Crippen molar-refractivity contribution in [3.8, 4) is 0 Å². The second-order valence-electron chi connectivity index (χ2n) is 4.03. The van der Waals surface area contributed by atoms with Crippen molar-refractivity contribution in [3.63, 3.8) is 0 Å². The molecule has 0 saturated carbocycles. The first kappa shape index (κ1) is 9.74. The van der Waals surface area contributed by atoms with Crippen molar-refractivity contribution in [1.29, 1.82) is 0 Å². The molecule has 0 aromatic carbocycles. The molecule has 1 aromatic rings. The van der Waals surface area contributed by atoms with Crippen LogP contribution in [0.25, 0.3) is 0 Å². The number of ether oxygens (including phenoxy) is 1. The first-order valence-electron chi connectivity index (χ1n) is 5.22. The Balaban J connectivity index is 2.04. The molecule has 2 heterocycles. The lowest BCUT2D eigenvalue weighted by Crippen LogP contribution is -2.44. The molecule has 1 fully saturated rings. The van der Waals surface area contributed by atoms with Crippen LogP contribution in [0.5, 0.6) is 0 Å². The number of nitrogens with one attached hydrogen (secondary N) is 2. The van der Waals surface area contributed by atoms with Gasteiger partial charge in [-0.25, -0.2) is 0 Å². The summed E-state index contributed by atoms with van der Waals surface area (Å²) >= 11 is 0. The van der Waals surface area contributed by atoms with E-state index in [1.807, 2.05) is 13.3 Å². The highest BCUT2D eigenvalue weighted by Crippen LogP contribution is 2.26. The maximum atomic E-state index is 5.70. The summed E-state index contributed by atoms with van der Waals surface area (Å²) in [6.45, 7) is 2.14. The number of rotatable bonds is 3. The lowest BCUT2D eigenvalue weighted by Gasteiger charge is -2.36. The molecule has 1 aliphatic heterocycles. The molecule has 0 bridgehead atoms. The predicted octanol–water partition coefficient (Wildman–Crippen LogP) is 1.33. The predicted molar refractivity (Wildman–Crippen MR) is 56.3 cm³/mol. The molecule has 78 valence electrons. The highest BCUT2D eigenvalue weighted by Gasteiger charge is 2.31. The van der Waals surface area contributed by atoms with Gasteiger partial charge < -0.3 is 15.0 Å². The van der Waals surface area contributed by atoms with Crippen molar-refractivity contribution in [2.24, 2.45) is 0 Å². The summed E-state index contributed by atoms with van der Waals surface area (Å²) in [6, 6.07) is 2.13. The number of hydrogen-bond acceptors (Lipinski definition) is 2. The van der Waals surface area contributed by atoms with Crippen LogP contribution in [0.1, 0.15) is 18.4 Å². The van der Waals surface area contributed by atoms with Crippen LogP contribution in [0.15, 0.2) is 18.5 Å². The highest BCUT2D eigenvalue weighted by molar-refractivity contribution is 5.12. The Bertz CT molecular complexity index is 263. The molecule has 0 atom stereocenters. The Labute approximate surface area is 84.9 Å². The van der Waals surface area contributed by atoms with Crippen LogP contribution in [-0.2, 0) is 11.2 Å². The van der Waals surface area contributed by atoms with E-state index in [4.69, 9.17) is 4.74 Å². The minimum Gasteiger partial charge on any atom is -0.378 e. The number of piperidine rings is 1. The van der Waals surface area contributed by atoms with Gasteiger partial charge in [0.05, 0.1) is 5.60 Å². The summed E-state index contributed by atoms with van der Waals surface area (Å²) in [6.07, 6.45) is 7.26. The van der Waals surface area contributed by atoms with Gasteiger partial charge in [-0.2, -0.15) is 0 Å². The molecule has 0 aliphatic carbocycles. The van der Waals surface area contributed by atoms with Gasteiger partial charge in [0, 0.05) is 25.9 Å². The topological polar surface area (TPSA) is 37.0 Å². The fraction of sp³-hybridized carbons (Fsp3) is 0.636.